The van der Waals surface area contributed by atoms with Crippen LogP contribution in [0.1, 0.15) is 29.3 Å². The smallest absolute Gasteiger partial charge is 0.0375 e. The maximum absolute atomic E-state index is 5.95. The van der Waals surface area contributed by atoms with Gasteiger partial charge in [0.25, 0.3) is 0 Å². The third kappa shape index (κ3) is 2.39. The van der Waals surface area contributed by atoms with Crippen LogP contribution in [0.25, 0.3) is 0 Å². The van der Waals surface area contributed by atoms with Crippen molar-refractivity contribution in [1.82, 2.24) is 4.98 Å². The Morgan fingerprint density at radius 3 is 2.85 bits per heavy atom. The number of aromatic nitrogens is 1. The molecule has 0 fully saturated rings. The monoisotopic (exact) mass is 176 g/mol. The largest absolute Gasteiger partial charge is 0.324 e. The zero-order valence-electron chi connectivity index (χ0n) is 8.25. The quantitative estimate of drug-likeness (QED) is 0.717. The van der Waals surface area contributed by atoms with E-state index in [1.807, 2.05) is 19.2 Å². The third-order valence-electron chi connectivity index (χ3n) is 2.11. The van der Waals surface area contributed by atoms with Crippen molar-refractivity contribution < 1.29 is 0 Å². The normalized spacial score (nSPS) is 12.5. The van der Waals surface area contributed by atoms with Crippen molar-refractivity contribution in [3.05, 3.63) is 41.7 Å². The molecule has 1 unspecified atom stereocenters. The van der Waals surface area contributed by atoms with Crippen molar-refractivity contribution >= 4 is 0 Å². The number of rotatable bonds is 3. The van der Waals surface area contributed by atoms with Crippen LogP contribution < -0.4 is 5.73 Å². The van der Waals surface area contributed by atoms with Crippen molar-refractivity contribution in [3.63, 3.8) is 0 Å². The molecule has 1 aromatic heterocycles. The van der Waals surface area contributed by atoms with Gasteiger partial charge in [0.1, 0.15) is 0 Å². The van der Waals surface area contributed by atoms with E-state index in [0.717, 1.165) is 17.7 Å². The van der Waals surface area contributed by atoms with Crippen molar-refractivity contribution in [1.29, 1.82) is 0 Å². The van der Waals surface area contributed by atoms with Crippen molar-refractivity contribution in [3.8, 4) is 0 Å². The van der Waals surface area contributed by atoms with Crippen LogP contribution in [0, 0.1) is 13.8 Å². The molecule has 0 saturated heterocycles. The van der Waals surface area contributed by atoms with Crippen LogP contribution in [0.4, 0.5) is 0 Å². The molecule has 0 aliphatic rings. The highest BCUT2D eigenvalue weighted by Crippen LogP contribution is 2.17. The first-order valence-corrected chi connectivity index (χ1v) is 4.44. The van der Waals surface area contributed by atoms with Gasteiger partial charge in [0, 0.05) is 17.9 Å². The van der Waals surface area contributed by atoms with Gasteiger partial charge in [0.15, 0.2) is 0 Å². The van der Waals surface area contributed by atoms with Crippen LogP contribution in [0.5, 0.6) is 0 Å². The minimum atomic E-state index is 0.0330. The van der Waals surface area contributed by atoms with Gasteiger partial charge in [0.05, 0.1) is 0 Å². The minimum absolute atomic E-state index is 0.0330. The molecule has 0 bridgehead atoms. The van der Waals surface area contributed by atoms with Crippen LogP contribution in [0.2, 0.25) is 0 Å². The molecular weight excluding hydrogens is 160 g/mol. The Kier molecular flexibility index (Phi) is 3.20. The summed E-state index contributed by atoms with van der Waals surface area (Å²) in [6.07, 6.45) is 4.49. The molecule has 0 aromatic carbocycles. The highest BCUT2D eigenvalue weighted by atomic mass is 14.7. The number of aryl methyl sites for hydroxylation is 2. The zero-order chi connectivity index (χ0) is 9.84. The lowest BCUT2D eigenvalue weighted by atomic mass is 10.0. The number of hydrogen-bond acceptors (Lipinski definition) is 2. The Morgan fingerprint density at radius 2 is 2.31 bits per heavy atom. The molecule has 1 atom stereocenters. The Hall–Kier alpha value is -1.15. The van der Waals surface area contributed by atoms with E-state index in [4.69, 9.17) is 5.73 Å². The molecule has 0 saturated carbocycles. The van der Waals surface area contributed by atoms with Gasteiger partial charge < -0.3 is 5.73 Å². The number of nitrogens with two attached hydrogens (primary N) is 1. The van der Waals surface area contributed by atoms with Crippen LogP contribution in [-0.4, -0.2) is 4.98 Å². The van der Waals surface area contributed by atoms with Gasteiger partial charge in [-0.3, -0.25) is 4.98 Å². The van der Waals surface area contributed by atoms with Crippen LogP contribution in [-0.2, 0) is 0 Å². The van der Waals surface area contributed by atoms with Gasteiger partial charge >= 0.3 is 0 Å². The molecule has 2 N–H and O–H groups in total. The van der Waals surface area contributed by atoms with Gasteiger partial charge in [-0.15, -0.1) is 6.58 Å². The topological polar surface area (TPSA) is 38.9 Å². The fourth-order valence-corrected chi connectivity index (χ4v) is 1.40. The maximum atomic E-state index is 5.95. The number of nitrogens with zero attached hydrogens (tertiary/aromatic N) is 1. The molecule has 1 aromatic rings. The lowest BCUT2D eigenvalue weighted by Gasteiger charge is -2.12. The van der Waals surface area contributed by atoms with E-state index in [-0.39, 0.29) is 6.04 Å². The van der Waals surface area contributed by atoms with Gasteiger partial charge in [-0.05, 0) is 37.5 Å². The van der Waals surface area contributed by atoms with Crippen LogP contribution in [0.3, 0.4) is 0 Å². The second-order valence-electron chi connectivity index (χ2n) is 3.31. The van der Waals surface area contributed by atoms with E-state index in [0.29, 0.717) is 0 Å². The molecule has 1 rings (SSSR count). The second-order valence-corrected chi connectivity index (χ2v) is 3.31. The number of hydrogen-bond donors (Lipinski definition) is 1. The van der Waals surface area contributed by atoms with E-state index < -0.39 is 0 Å². The summed E-state index contributed by atoms with van der Waals surface area (Å²) in [6.45, 7) is 7.72. The van der Waals surface area contributed by atoms with E-state index in [1.165, 1.54) is 5.56 Å². The third-order valence-corrected chi connectivity index (χ3v) is 2.11. The van der Waals surface area contributed by atoms with Gasteiger partial charge in [-0.2, -0.15) is 0 Å². The predicted octanol–water partition coefficient (Wildman–Crippen LogP) is 2.27. The average molecular weight is 176 g/mol. The van der Waals surface area contributed by atoms with Crippen molar-refractivity contribution in [2.24, 2.45) is 5.73 Å². The van der Waals surface area contributed by atoms with Crippen molar-refractivity contribution in [2.45, 2.75) is 26.3 Å². The maximum Gasteiger partial charge on any atom is 0.0375 e. The second kappa shape index (κ2) is 4.19. The summed E-state index contributed by atoms with van der Waals surface area (Å²) in [6, 6.07) is 2.09. The lowest BCUT2D eigenvalue weighted by molar-refractivity contribution is 0.730. The van der Waals surface area contributed by atoms with E-state index >= 15 is 0 Å². The van der Waals surface area contributed by atoms with Crippen molar-refractivity contribution in [2.75, 3.05) is 0 Å². The molecule has 2 nitrogen and oxygen atoms in total. The predicted molar refractivity (Wildman–Crippen MR) is 55.5 cm³/mol. The van der Waals surface area contributed by atoms with E-state index in [1.54, 1.807) is 0 Å². The molecule has 0 aliphatic heterocycles. The molecule has 0 aliphatic carbocycles. The molecule has 0 spiro atoms. The Labute approximate surface area is 79.5 Å². The fourth-order valence-electron chi connectivity index (χ4n) is 1.40. The summed E-state index contributed by atoms with van der Waals surface area (Å²) in [5.74, 6) is 0. The standard InChI is InChI=1S/C11H16N2/c1-4-5-11(12)10-7-13-9(3)6-8(10)2/h4,6-7,11H,1,5,12H2,2-3H3. The highest BCUT2D eigenvalue weighted by Gasteiger charge is 2.07. The Morgan fingerprint density at radius 1 is 1.62 bits per heavy atom. The summed E-state index contributed by atoms with van der Waals surface area (Å²) in [7, 11) is 0. The molecular formula is C11H16N2. The minimum Gasteiger partial charge on any atom is -0.324 e. The van der Waals surface area contributed by atoms with E-state index in [2.05, 4.69) is 24.6 Å². The van der Waals surface area contributed by atoms with Gasteiger partial charge in [0.2, 0.25) is 0 Å². The van der Waals surface area contributed by atoms with E-state index in [9.17, 15) is 0 Å². The summed E-state index contributed by atoms with van der Waals surface area (Å²) in [5, 5.41) is 0. The first-order valence-electron chi connectivity index (χ1n) is 4.44. The zero-order valence-corrected chi connectivity index (χ0v) is 8.25. The summed E-state index contributed by atoms with van der Waals surface area (Å²) in [4.78, 5) is 4.23. The first-order chi connectivity index (χ1) is 6.15. The average Bonchev–Trinajstić information content (AvgIpc) is 2.04. The summed E-state index contributed by atoms with van der Waals surface area (Å²) < 4.78 is 0. The number of pyridine rings is 1. The summed E-state index contributed by atoms with van der Waals surface area (Å²) >= 11 is 0. The van der Waals surface area contributed by atoms with Gasteiger partial charge in [-0.25, -0.2) is 0 Å². The van der Waals surface area contributed by atoms with Crippen LogP contribution >= 0.6 is 0 Å². The molecule has 0 amide bonds. The molecule has 1 heterocycles. The SMILES string of the molecule is C=CCC(N)c1cnc(C)cc1C. The fraction of sp³-hybridized carbons (Fsp3) is 0.364. The molecule has 0 radical (unpaired) electrons. The Bertz CT molecular complexity index is 305. The van der Waals surface area contributed by atoms with Crippen LogP contribution in [0.15, 0.2) is 24.9 Å². The molecule has 13 heavy (non-hydrogen) atoms. The molecule has 2 heteroatoms. The van der Waals surface area contributed by atoms with Gasteiger partial charge in [-0.1, -0.05) is 6.08 Å². The lowest BCUT2D eigenvalue weighted by Crippen LogP contribution is -2.11. The first kappa shape index (κ1) is 9.93. The molecule has 70 valence electrons. The summed E-state index contributed by atoms with van der Waals surface area (Å²) in [5.41, 5.74) is 9.31. The Balaban J connectivity index is 2.94. The highest BCUT2D eigenvalue weighted by molar-refractivity contribution is 5.27.